The number of rotatable bonds is 3. The van der Waals surface area contributed by atoms with Crippen LogP contribution in [0.3, 0.4) is 0 Å². The van der Waals surface area contributed by atoms with Crippen molar-refractivity contribution in [2.75, 3.05) is 7.05 Å². The SMILES string of the molecule is CN(Sc1ccccc1)C1CC1. The van der Waals surface area contributed by atoms with E-state index in [1.54, 1.807) is 0 Å². The van der Waals surface area contributed by atoms with Crippen molar-refractivity contribution in [1.82, 2.24) is 4.31 Å². The highest BCUT2D eigenvalue weighted by molar-refractivity contribution is 7.97. The largest absolute Gasteiger partial charge is 0.246 e. The summed E-state index contributed by atoms with van der Waals surface area (Å²) < 4.78 is 2.36. The number of nitrogens with zero attached hydrogens (tertiary/aromatic N) is 1. The van der Waals surface area contributed by atoms with E-state index in [0.29, 0.717) is 0 Å². The van der Waals surface area contributed by atoms with E-state index in [9.17, 15) is 0 Å². The Morgan fingerprint density at radius 3 is 2.50 bits per heavy atom. The fourth-order valence-electron chi connectivity index (χ4n) is 1.16. The Morgan fingerprint density at radius 1 is 1.25 bits per heavy atom. The van der Waals surface area contributed by atoms with Crippen LogP contribution >= 0.6 is 11.9 Å². The van der Waals surface area contributed by atoms with Crippen LogP contribution in [0.25, 0.3) is 0 Å². The first kappa shape index (κ1) is 8.14. The first-order chi connectivity index (χ1) is 5.86. The van der Waals surface area contributed by atoms with Gasteiger partial charge in [-0.15, -0.1) is 0 Å². The van der Waals surface area contributed by atoms with Gasteiger partial charge in [0, 0.05) is 10.9 Å². The van der Waals surface area contributed by atoms with Gasteiger partial charge in [-0.1, -0.05) is 18.2 Å². The van der Waals surface area contributed by atoms with E-state index in [1.165, 1.54) is 17.7 Å². The Hall–Kier alpha value is -0.470. The zero-order valence-electron chi connectivity index (χ0n) is 7.23. The second kappa shape index (κ2) is 3.50. The lowest BCUT2D eigenvalue weighted by atomic mass is 10.4. The third kappa shape index (κ3) is 2.02. The van der Waals surface area contributed by atoms with Crippen molar-refractivity contribution < 1.29 is 0 Å². The lowest BCUT2D eigenvalue weighted by molar-refractivity contribution is 0.559. The monoisotopic (exact) mass is 179 g/mol. The highest BCUT2D eigenvalue weighted by atomic mass is 32.2. The summed E-state index contributed by atoms with van der Waals surface area (Å²) >= 11 is 1.85. The first-order valence-corrected chi connectivity index (χ1v) is 5.09. The van der Waals surface area contributed by atoms with E-state index in [2.05, 4.69) is 41.7 Å². The van der Waals surface area contributed by atoms with E-state index in [4.69, 9.17) is 0 Å². The summed E-state index contributed by atoms with van der Waals surface area (Å²) in [5.41, 5.74) is 0. The molecule has 2 heteroatoms. The van der Waals surface area contributed by atoms with Gasteiger partial charge in [0.05, 0.1) is 0 Å². The molecule has 1 nitrogen and oxygen atoms in total. The minimum Gasteiger partial charge on any atom is -0.246 e. The molecule has 0 N–H and O–H groups in total. The fourth-order valence-corrected chi connectivity index (χ4v) is 2.13. The molecule has 1 fully saturated rings. The minimum atomic E-state index is 0.829. The molecule has 0 radical (unpaired) electrons. The van der Waals surface area contributed by atoms with Crippen molar-refractivity contribution in [2.45, 2.75) is 23.8 Å². The van der Waals surface area contributed by atoms with Crippen LogP contribution in [0.1, 0.15) is 12.8 Å². The maximum absolute atomic E-state index is 2.36. The molecule has 1 aliphatic rings. The van der Waals surface area contributed by atoms with Crippen molar-refractivity contribution in [1.29, 1.82) is 0 Å². The van der Waals surface area contributed by atoms with E-state index < -0.39 is 0 Å². The molecule has 0 aliphatic heterocycles. The summed E-state index contributed by atoms with van der Waals surface area (Å²) in [5.74, 6) is 0. The molecule has 0 heterocycles. The second-order valence-electron chi connectivity index (χ2n) is 3.18. The normalized spacial score (nSPS) is 16.8. The molecule has 2 rings (SSSR count). The first-order valence-electron chi connectivity index (χ1n) is 4.32. The van der Waals surface area contributed by atoms with Crippen LogP contribution in [-0.4, -0.2) is 17.4 Å². The predicted octanol–water partition coefficient (Wildman–Crippen LogP) is 2.79. The van der Waals surface area contributed by atoms with Gasteiger partial charge < -0.3 is 0 Å². The molecule has 0 unspecified atom stereocenters. The Balaban J connectivity index is 1.94. The number of hydrogen-bond donors (Lipinski definition) is 0. The maximum atomic E-state index is 2.36. The van der Waals surface area contributed by atoms with Gasteiger partial charge in [-0.25, -0.2) is 4.31 Å². The van der Waals surface area contributed by atoms with Gasteiger partial charge in [0.15, 0.2) is 0 Å². The Bertz CT molecular complexity index is 243. The van der Waals surface area contributed by atoms with Crippen molar-refractivity contribution in [3.8, 4) is 0 Å². The second-order valence-corrected chi connectivity index (χ2v) is 4.41. The van der Waals surface area contributed by atoms with Crippen LogP contribution in [0.15, 0.2) is 35.2 Å². The summed E-state index contributed by atoms with van der Waals surface area (Å²) in [5, 5.41) is 0. The zero-order valence-corrected chi connectivity index (χ0v) is 8.05. The molecular weight excluding hydrogens is 166 g/mol. The molecule has 1 aromatic carbocycles. The topological polar surface area (TPSA) is 3.24 Å². The zero-order chi connectivity index (χ0) is 8.39. The molecule has 1 saturated carbocycles. The summed E-state index contributed by atoms with van der Waals surface area (Å²) in [6.07, 6.45) is 2.74. The van der Waals surface area contributed by atoms with Crippen LogP contribution < -0.4 is 0 Å². The molecule has 0 aromatic heterocycles. The summed E-state index contributed by atoms with van der Waals surface area (Å²) in [6.45, 7) is 0. The lowest BCUT2D eigenvalue weighted by Crippen LogP contribution is -2.10. The third-order valence-electron chi connectivity index (χ3n) is 2.05. The minimum absolute atomic E-state index is 0.829. The molecule has 64 valence electrons. The molecule has 0 atom stereocenters. The van der Waals surface area contributed by atoms with Gasteiger partial charge >= 0.3 is 0 Å². The van der Waals surface area contributed by atoms with Crippen molar-refractivity contribution in [3.05, 3.63) is 30.3 Å². The molecule has 1 aromatic rings. The molecular formula is C10H13NS. The molecule has 1 aliphatic carbocycles. The third-order valence-corrected chi connectivity index (χ3v) is 3.12. The Labute approximate surface area is 77.9 Å². The summed E-state index contributed by atoms with van der Waals surface area (Å²) in [4.78, 5) is 1.34. The van der Waals surface area contributed by atoms with E-state index in [0.717, 1.165) is 6.04 Å². The fraction of sp³-hybridized carbons (Fsp3) is 0.400. The molecule has 0 bridgehead atoms. The number of benzene rings is 1. The van der Waals surface area contributed by atoms with Crippen molar-refractivity contribution >= 4 is 11.9 Å². The van der Waals surface area contributed by atoms with Crippen LogP contribution in [0.5, 0.6) is 0 Å². The molecule has 0 amide bonds. The molecule has 0 spiro atoms. The van der Waals surface area contributed by atoms with Gasteiger partial charge in [0.2, 0.25) is 0 Å². The van der Waals surface area contributed by atoms with Crippen LogP contribution in [0.4, 0.5) is 0 Å². The van der Waals surface area contributed by atoms with Gasteiger partial charge in [-0.3, -0.25) is 0 Å². The van der Waals surface area contributed by atoms with Crippen LogP contribution in [0.2, 0.25) is 0 Å². The predicted molar refractivity (Wildman–Crippen MR) is 53.1 cm³/mol. The number of hydrogen-bond acceptors (Lipinski definition) is 2. The maximum Gasteiger partial charge on any atom is 0.0230 e. The Kier molecular flexibility index (Phi) is 2.38. The molecule has 12 heavy (non-hydrogen) atoms. The van der Waals surface area contributed by atoms with Gasteiger partial charge in [-0.05, 0) is 44.0 Å². The smallest absolute Gasteiger partial charge is 0.0230 e. The van der Waals surface area contributed by atoms with Crippen LogP contribution in [-0.2, 0) is 0 Å². The van der Waals surface area contributed by atoms with Crippen molar-refractivity contribution in [2.24, 2.45) is 0 Å². The summed E-state index contributed by atoms with van der Waals surface area (Å²) in [7, 11) is 2.18. The van der Waals surface area contributed by atoms with Gasteiger partial charge in [0.1, 0.15) is 0 Å². The average Bonchev–Trinajstić information content (AvgIpc) is 2.88. The molecule has 0 saturated heterocycles. The van der Waals surface area contributed by atoms with Gasteiger partial charge in [0.25, 0.3) is 0 Å². The summed E-state index contributed by atoms with van der Waals surface area (Å²) in [6, 6.07) is 11.4. The highest BCUT2D eigenvalue weighted by Crippen LogP contribution is 2.33. The van der Waals surface area contributed by atoms with Crippen LogP contribution in [0, 0.1) is 0 Å². The van der Waals surface area contributed by atoms with Gasteiger partial charge in [-0.2, -0.15) is 0 Å². The highest BCUT2D eigenvalue weighted by Gasteiger charge is 2.26. The quantitative estimate of drug-likeness (QED) is 0.656. The van der Waals surface area contributed by atoms with E-state index in [-0.39, 0.29) is 0 Å². The Morgan fingerprint density at radius 2 is 1.92 bits per heavy atom. The van der Waals surface area contributed by atoms with E-state index in [1.807, 2.05) is 11.9 Å². The lowest BCUT2D eigenvalue weighted by Gasteiger charge is -2.13. The van der Waals surface area contributed by atoms with Crippen molar-refractivity contribution in [3.63, 3.8) is 0 Å². The average molecular weight is 179 g/mol. The van der Waals surface area contributed by atoms with E-state index >= 15 is 0 Å². The standard InChI is InChI=1S/C10H13NS/c1-11(9-7-8-9)12-10-5-3-2-4-6-10/h2-6,9H,7-8H2,1H3.